The molecule has 0 bridgehead atoms. The van der Waals surface area contributed by atoms with Crippen LogP contribution in [0.2, 0.25) is 0 Å². The van der Waals surface area contributed by atoms with Crippen molar-refractivity contribution in [2.45, 2.75) is 386 Å². The first-order valence-electron chi connectivity index (χ1n) is 35.8. The summed E-state index contributed by atoms with van der Waals surface area (Å²) >= 11 is 0. The molecule has 0 saturated heterocycles. The molecule has 81 heavy (non-hydrogen) atoms. The third-order valence-electron chi connectivity index (χ3n) is 16.0. The van der Waals surface area contributed by atoms with E-state index in [1.54, 1.807) is 0 Å². The molecule has 0 rings (SSSR count). The molecule has 0 radical (unpaired) electrons. The van der Waals surface area contributed by atoms with E-state index in [9.17, 15) is 14.4 Å². The molecule has 1 atom stereocenters. The van der Waals surface area contributed by atoms with Crippen molar-refractivity contribution in [2.75, 3.05) is 13.2 Å². The van der Waals surface area contributed by atoms with Crippen molar-refractivity contribution in [3.05, 3.63) is 60.8 Å². The van der Waals surface area contributed by atoms with Crippen molar-refractivity contribution in [2.24, 2.45) is 0 Å². The quantitative estimate of drug-likeness (QED) is 0.0261. The van der Waals surface area contributed by atoms with Crippen molar-refractivity contribution >= 4 is 17.9 Å². The van der Waals surface area contributed by atoms with Gasteiger partial charge in [0.2, 0.25) is 0 Å². The van der Waals surface area contributed by atoms with E-state index in [0.717, 1.165) is 89.9 Å². The third kappa shape index (κ3) is 67.8. The van der Waals surface area contributed by atoms with Gasteiger partial charge in [-0.3, -0.25) is 14.4 Å². The maximum absolute atomic E-state index is 12.9. The molecule has 0 spiro atoms. The van der Waals surface area contributed by atoms with Gasteiger partial charge in [0.15, 0.2) is 6.10 Å². The van der Waals surface area contributed by atoms with Crippen LogP contribution >= 0.6 is 0 Å². The fraction of sp³-hybridized carbons (Fsp3) is 0.827. The molecule has 0 aliphatic rings. The van der Waals surface area contributed by atoms with Crippen LogP contribution in [0.1, 0.15) is 380 Å². The van der Waals surface area contributed by atoms with Crippen LogP contribution in [0, 0.1) is 0 Å². The van der Waals surface area contributed by atoms with E-state index in [4.69, 9.17) is 14.2 Å². The summed E-state index contributed by atoms with van der Waals surface area (Å²) in [6, 6.07) is 0. The molecular formula is C75H136O6. The smallest absolute Gasteiger partial charge is 0.306 e. The normalized spacial score (nSPS) is 12.4. The standard InChI is InChI=1S/C75H136O6/c1-4-7-10-13-16-19-22-24-26-28-30-32-34-35-36-37-38-39-40-41-42-44-45-47-49-51-53-56-59-62-65-68-74(77)80-71-72(70-79-73(76)67-64-61-58-55-21-18-15-12-9-6-3)81-75(78)69-66-63-60-57-54-52-50-48-46-43-33-31-29-27-25-23-20-17-14-11-8-5-2/h7,10,16,19,24,26,30,32,35-36,72H,4-6,8-9,11-15,17-18,20-23,25,27-29,31,33-34,37-71H2,1-3H3/b10-7-,19-16-,26-24-,32-30-,36-35-. The lowest BCUT2D eigenvalue weighted by atomic mass is 10.0. The SMILES string of the molecule is CC/C=C\C/C=C\C/C=C\C/C=C\C/C=C\CCCCCCCCCCCCCCCCCC(=O)OCC(COC(=O)CCCCCCCCCCCC)OC(=O)CCCCCCCCCCCCCCCCCCCCCCCC. The van der Waals surface area contributed by atoms with Crippen LogP contribution in [0.5, 0.6) is 0 Å². The first-order chi connectivity index (χ1) is 40.0. The Kier molecular flexibility index (Phi) is 67.1. The summed E-state index contributed by atoms with van der Waals surface area (Å²) in [4.78, 5) is 38.3. The highest BCUT2D eigenvalue weighted by atomic mass is 16.6. The van der Waals surface area contributed by atoms with Gasteiger partial charge in [-0.15, -0.1) is 0 Å². The van der Waals surface area contributed by atoms with Crippen LogP contribution in [-0.2, 0) is 28.6 Å². The number of unbranched alkanes of at least 4 members (excludes halogenated alkanes) is 45. The van der Waals surface area contributed by atoms with E-state index in [1.807, 2.05) is 0 Å². The van der Waals surface area contributed by atoms with Crippen LogP contribution in [0.4, 0.5) is 0 Å². The monoisotopic (exact) mass is 1130 g/mol. The zero-order valence-electron chi connectivity index (χ0n) is 54.3. The summed E-state index contributed by atoms with van der Waals surface area (Å²) in [5.74, 6) is -0.842. The molecule has 0 heterocycles. The van der Waals surface area contributed by atoms with Gasteiger partial charge >= 0.3 is 17.9 Å². The Morgan fingerprint density at radius 3 is 0.753 bits per heavy atom. The van der Waals surface area contributed by atoms with Gasteiger partial charge in [-0.1, -0.05) is 358 Å². The van der Waals surface area contributed by atoms with Crippen molar-refractivity contribution in [3.63, 3.8) is 0 Å². The fourth-order valence-corrected chi connectivity index (χ4v) is 10.7. The van der Waals surface area contributed by atoms with E-state index in [2.05, 4.69) is 81.5 Å². The molecule has 0 aromatic carbocycles. The van der Waals surface area contributed by atoms with E-state index >= 15 is 0 Å². The molecule has 472 valence electrons. The minimum Gasteiger partial charge on any atom is -0.462 e. The van der Waals surface area contributed by atoms with Crippen LogP contribution in [0.25, 0.3) is 0 Å². The lowest BCUT2D eigenvalue weighted by molar-refractivity contribution is -0.167. The number of esters is 3. The number of hydrogen-bond donors (Lipinski definition) is 0. The third-order valence-corrected chi connectivity index (χ3v) is 16.0. The molecule has 0 amide bonds. The van der Waals surface area contributed by atoms with E-state index in [1.165, 1.54) is 250 Å². The van der Waals surface area contributed by atoms with Crippen LogP contribution in [0.15, 0.2) is 60.8 Å². The first kappa shape index (κ1) is 78.1. The lowest BCUT2D eigenvalue weighted by Crippen LogP contribution is -2.30. The number of carbonyl (C=O) groups excluding carboxylic acids is 3. The second-order valence-electron chi connectivity index (χ2n) is 24.1. The highest BCUT2D eigenvalue weighted by molar-refractivity contribution is 5.71. The minimum atomic E-state index is -0.769. The maximum atomic E-state index is 12.9. The summed E-state index contributed by atoms with van der Waals surface area (Å²) in [6.07, 6.45) is 89.8. The van der Waals surface area contributed by atoms with Crippen LogP contribution in [0.3, 0.4) is 0 Å². The molecule has 0 fully saturated rings. The van der Waals surface area contributed by atoms with E-state index < -0.39 is 6.10 Å². The van der Waals surface area contributed by atoms with E-state index in [0.29, 0.717) is 19.3 Å². The van der Waals surface area contributed by atoms with Gasteiger partial charge < -0.3 is 14.2 Å². The molecule has 0 aromatic heterocycles. The van der Waals surface area contributed by atoms with Gasteiger partial charge in [0.25, 0.3) is 0 Å². The molecule has 0 saturated carbocycles. The van der Waals surface area contributed by atoms with Crippen molar-refractivity contribution in [1.29, 1.82) is 0 Å². The minimum absolute atomic E-state index is 0.0670. The highest BCUT2D eigenvalue weighted by Gasteiger charge is 2.19. The second-order valence-corrected chi connectivity index (χ2v) is 24.1. The summed E-state index contributed by atoms with van der Waals surface area (Å²) < 4.78 is 17.0. The number of rotatable bonds is 66. The zero-order chi connectivity index (χ0) is 58.5. The summed E-state index contributed by atoms with van der Waals surface area (Å²) in [5.41, 5.74) is 0. The highest BCUT2D eigenvalue weighted by Crippen LogP contribution is 2.19. The molecule has 0 aliphatic heterocycles. The Balaban J connectivity index is 4.12. The van der Waals surface area contributed by atoms with Crippen molar-refractivity contribution < 1.29 is 28.6 Å². The number of hydrogen-bond acceptors (Lipinski definition) is 6. The van der Waals surface area contributed by atoms with Crippen molar-refractivity contribution in [3.8, 4) is 0 Å². The molecule has 1 unspecified atom stereocenters. The average Bonchev–Trinajstić information content (AvgIpc) is 3.47. The van der Waals surface area contributed by atoms with Crippen molar-refractivity contribution in [1.82, 2.24) is 0 Å². The predicted octanol–water partition coefficient (Wildman–Crippen LogP) is 24.7. The Morgan fingerprint density at radius 2 is 0.481 bits per heavy atom. The number of carbonyl (C=O) groups is 3. The van der Waals surface area contributed by atoms with Gasteiger partial charge in [0.1, 0.15) is 13.2 Å². The largest absolute Gasteiger partial charge is 0.462 e. The molecule has 0 aliphatic carbocycles. The molecule has 0 N–H and O–H groups in total. The first-order valence-corrected chi connectivity index (χ1v) is 35.8. The fourth-order valence-electron chi connectivity index (χ4n) is 10.7. The lowest BCUT2D eigenvalue weighted by Gasteiger charge is -2.18. The summed E-state index contributed by atoms with van der Waals surface area (Å²) in [6.45, 7) is 6.58. The molecule has 6 nitrogen and oxygen atoms in total. The van der Waals surface area contributed by atoms with Gasteiger partial charge in [-0.25, -0.2) is 0 Å². The van der Waals surface area contributed by atoms with Crippen LogP contribution in [-0.4, -0.2) is 37.2 Å². The van der Waals surface area contributed by atoms with Gasteiger partial charge in [-0.2, -0.15) is 0 Å². The Hall–Kier alpha value is -2.89. The summed E-state index contributed by atoms with van der Waals surface area (Å²) in [5, 5.41) is 0. The van der Waals surface area contributed by atoms with Crippen LogP contribution < -0.4 is 0 Å². The Bertz CT molecular complexity index is 1440. The van der Waals surface area contributed by atoms with E-state index in [-0.39, 0.29) is 31.1 Å². The number of allylic oxidation sites excluding steroid dienone is 10. The Morgan fingerprint density at radius 1 is 0.259 bits per heavy atom. The summed E-state index contributed by atoms with van der Waals surface area (Å²) in [7, 11) is 0. The predicted molar refractivity (Wildman–Crippen MR) is 353 cm³/mol. The van der Waals surface area contributed by atoms with Gasteiger partial charge in [0, 0.05) is 19.3 Å². The molecule has 6 heteroatoms. The average molecular weight is 1130 g/mol. The second kappa shape index (κ2) is 69.6. The zero-order valence-corrected chi connectivity index (χ0v) is 54.3. The van der Waals surface area contributed by atoms with Gasteiger partial charge in [0.05, 0.1) is 0 Å². The number of ether oxygens (including phenoxy) is 3. The molecule has 0 aromatic rings. The van der Waals surface area contributed by atoms with Gasteiger partial charge in [-0.05, 0) is 64.2 Å². The molecular weight excluding hydrogens is 997 g/mol. The topological polar surface area (TPSA) is 78.9 Å². The Labute approximate surface area is 504 Å². The maximum Gasteiger partial charge on any atom is 0.306 e.